The number of aryl methyl sites for hydroxylation is 1. The summed E-state index contributed by atoms with van der Waals surface area (Å²) in [6, 6.07) is 11.8. The maximum Gasteiger partial charge on any atom is 0.252 e. The normalized spacial score (nSPS) is 27.3. The quantitative estimate of drug-likeness (QED) is 0.672. The molecular formula is C25H24FN5O. The lowest BCUT2D eigenvalue weighted by molar-refractivity contribution is 0.0926. The summed E-state index contributed by atoms with van der Waals surface area (Å²) in [6.45, 7) is 4.97. The van der Waals surface area contributed by atoms with E-state index in [0.29, 0.717) is 17.4 Å². The van der Waals surface area contributed by atoms with Crippen LogP contribution in [-0.2, 0) is 5.54 Å². The summed E-state index contributed by atoms with van der Waals surface area (Å²) in [6.07, 6.45) is 3.77. The van der Waals surface area contributed by atoms with E-state index >= 15 is 0 Å². The van der Waals surface area contributed by atoms with E-state index in [1.54, 1.807) is 6.20 Å². The minimum absolute atomic E-state index is 0.198. The number of amides is 1. The van der Waals surface area contributed by atoms with Gasteiger partial charge in [0.15, 0.2) is 0 Å². The first-order valence-corrected chi connectivity index (χ1v) is 11.1. The number of hydrogen-bond acceptors (Lipinski definition) is 5. The number of carbonyl (C=O) groups is 1. The zero-order valence-corrected chi connectivity index (χ0v) is 18.0. The molecule has 2 aliphatic carbocycles. The molecule has 2 unspecified atom stereocenters. The lowest BCUT2D eigenvalue weighted by Gasteiger charge is -2.30. The molecule has 6 rings (SSSR count). The molecule has 7 heteroatoms. The molecule has 0 bridgehead atoms. The van der Waals surface area contributed by atoms with Crippen molar-refractivity contribution in [3.05, 3.63) is 77.3 Å². The second-order valence-electron chi connectivity index (χ2n) is 9.31. The molecule has 4 atom stereocenters. The molecule has 1 aliphatic heterocycles. The molecule has 3 aromatic rings. The third-order valence-electron chi connectivity index (χ3n) is 7.13. The lowest BCUT2D eigenvalue weighted by Crippen LogP contribution is -2.37. The largest absolute Gasteiger partial charge is 0.341 e. The van der Waals surface area contributed by atoms with E-state index in [2.05, 4.69) is 33.2 Å². The van der Waals surface area contributed by atoms with Gasteiger partial charge in [-0.3, -0.25) is 9.78 Å². The Labute approximate surface area is 185 Å². The molecule has 3 aliphatic rings. The van der Waals surface area contributed by atoms with Crippen molar-refractivity contribution < 1.29 is 9.18 Å². The highest BCUT2D eigenvalue weighted by molar-refractivity contribution is 5.95. The summed E-state index contributed by atoms with van der Waals surface area (Å²) >= 11 is 0. The first kappa shape index (κ1) is 19.3. The highest BCUT2D eigenvalue weighted by atomic mass is 19.1. The highest BCUT2D eigenvalue weighted by Gasteiger charge is 2.56. The molecule has 2 saturated carbocycles. The molecular weight excluding hydrogens is 405 g/mol. The lowest BCUT2D eigenvalue weighted by atomic mass is 10.0. The third kappa shape index (κ3) is 3.06. The predicted octanol–water partition coefficient (Wildman–Crippen LogP) is 4.24. The van der Waals surface area contributed by atoms with E-state index in [1.807, 2.05) is 19.1 Å². The SMILES string of the molecule is Cc1nccc(N2CC3CC3c3nc([C@]4(NC(=O)c5ccc(F)cc5)C[C@@H]4C)ccc32)n1. The third-order valence-corrected chi connectivity index (χ3v) is 7.13. The zero-order valence-electron chi connectivity index (χ0n) is 18.0. The van der Waals surface area contributed by atoms with Gasteiger partial charge in [0.25, 0.3) is 5.91 Å². The van der Waals surface area contributed by atoms with Gasteiger partial charge in [-0.05, 0) is 74.1 Å². The average Bonchev–Trinajstić information content (AvgIpc) is 3.70. The van der Waals surface area contributed by atoms with Crippen LogP contribution in [0.3, 0.4) is 0 Å². The molecule has 0 saturated heterocycles. The van der Waals surface area contributed by atoms with E-state index in [0.717, 1.165) is 48.1 Å². The van der Waals surface area contributed by atoms with Crippen LogP contribution in [0.25, 0.3) is 0 Å². The molecule has 2 fully saturated rings. The van der Waals surface area contributed by atoms with Gasteiger partial charge < -0.3 is 10.2 Å². The van der Waals surface area contributed by atoms with Crippen molar-refractivity contribution >= 4 is 17.4 Å². The van der Waals surface area contributed by atoms with Crippen molar-refractivity contribution in [2.75, 3.05) is 11.4 Å². The molecule has 3 heterocycles. The van der Waals surface area contributed by atoms with Crippen molar-refractivity contribution in [2.24, 2.45) is 11.8 Å². The fraction of sp³-hybridized carbons (Fsp3) is 0.360. The molecule has 0 spiro atoms. The number of benzene rings is 1. The van der Waals surface area contributed by atoms with Crippen LogP contribution in [0.4, 0.5) is 15.9 Å². The van der Waals surface area contributed by atoms with Crippen LogP contribution < -0.4 is 10.2 Å². The fourth-order valence-corrected chi connectivity index (χ4v) is 5.04. The van der Waals surface area contributed by atoms with Crippen molar-refractivity contribution in [3.8, 4) is 0 Å². The summed E-state index contributed by atoms with van der Waals surface area (Å²) in [5, 5.41) is 3.20. The molecule has 1 aromatic carbocycles. The van der Waals surface area contributed by atoms with E-state index in [1.165, 1.54) is 24.3 Å². The standard InChI is InChI=1S/C25H24FN5O/c1-14-12-25(14,30-24(32)16-3-5-18(26)6-4-16)21-8-7-20-23(29-21)19-11-17(19)13-31(20)22-9-10-27-15(2)28-22/h3-10,14,17,19H,11-13H2,1-2H3,(H,30,32)/t14-,17?,19?,25-/m0/s1. The minimum atomic E-state index is -0.474. The Bertz CT molecular complexity index is 1230. The summed E-state index contributed by atoms with van der Waals surface area (Å²) in [5.74, 6) is 2.45. The molecule has 6 nitrogen and oxygen atoms in total. The number of nitrogens with one attached hydrogen (secondary N) is 1. The van der Waals surface area contributed by atoms with E-state index in [4.69, 9.17) is 4.98 Å². The Hall–Kier alpha value is -3.35. The van der Waals surface area contributed by atoms with Crippen molar-refractivity contribution in [1.82, 2.24) is 20.3 Å². The number of carbonyl (C=O) groups excluding carboxylic acids is 1. The highest BCUT2D eigenvalue weighted by Crippen LogP contribution is 2.57. The topological polar surface area (TPSA) is 71.0 Å². The fourth-order valence-electron chi connectivity index (χ4n) is 5.04. The molecule has 162 valence electrons. The van der Waals surface area contributed by atoms with Crippen LogP contribution in [-0.4, -0.2) is 27.4 Å². The van der Waals surface area contributed by atoms with Crippen molar-refractivity contribution in [3.63, 3.8) is 0 Å². The molecule has 2 aromatic heterocycles. The summed E-state index contributed by atoms with van der Waals surface area (Å²) in [7, 11) is 0. The number of aromatic nitrogens is 3. The molecule has 1 amide bonds. The van der Waals surface area contributed by atoms with Gasteiger partial charge in [-0.25, -0.2) is 14.4 Å². The first-order chi connectivity index (χ1) is 15.4. The Kier molecular flexibility index (Phi) is 4.12. The number of fused-ring (bicyclic) bond motifs is 3. The predicted molar refractivity (Wildman–Crippen MR) is 118 cm³/mol. The minimum Gasteiger partial charge on any atom is -0.341 e. The van der Waals surface area contributed by atoms with Crippen molar-refractivity contribution in [1.29, 1.82) is 0 Å². The monoisotopic (exact) mass is 429 g/mol. The van der Waals surface area contributed by atoms with Gasteiger partial charge in [0.05, 0.1) is 22.6 Å². The molecule has 1 N–H and O–H groups in total. The van der Waals surface area contributed by atoms with Crippen LogP contribution in [0.5, 0.6) is 0 Å². The van der Waals surface area contributed by atoms with Crippen LogP contribution >= 0.6 is 0 Å². The Balaban J connectivity index is 1.33. The van der Waals surface area contributed by atoms with E-state index < -0.39 is 5.54 Å². The van der Waals surface area contributed by atoms with Gasteiger partial charge in [-0.15, -0.1) is 0 Å². The summed E-state index contributed by atoms with van der Waals surface area (Å²) in [4.78, 5) is 29.1. The number of anilines is 2. The summed E-state index contributed by atoms with van der Waals surface area (Å²) < 4.78 is 13.3. The number of pyridine rings is 1. The maximum atomic E-state index is 13.3. The van der Waals surface area contributed by atoms with Crippen molar-refractivity contribution in [2.45, 2.75) is 38.1 Å². The summed E-state index contributed by atoms with van der Waals surface area (Å²) in [5.41, 5.74) is 3.09. The number of hydrogen-bond donors (Lipinski definition) is 1. The molecule has 0 radical (unpaired) electrons. The van der Waals surface area contributed by atoms with Gasteiger partial charge in [-0.1, -0.05) is 6.92 Å². The van der Waals surface area contributed by atoms with Gasteiger partial charge in [0, 0.05) is 24.2 Å². The Morgan fingerprint density at radius 2 is 1.94 bits per heavy atom. The smallest absolute Gasteiger partial charge is 0.252 e. The second-order valence-corrected chi connectivity index (χ2v) is 9.31. The average molecular weight is 429 g/mol. The van der Waals surface area contributed by atoms with E-state index in [9.17, 15) is 9.18 Å². The van der Waals surface area contributed by atoms with Crippen LogP contribution in [0.2, 0.25) is 0 Å². The second kappa shape index (κ2) is 6.82. The number of nitrogens with zero attached hydrogens (tertiary/aromatic N) is 4. The number of halogens is 1. The van der Waals surface area contributed by atoms with Crippen LogP contribution in [0.1, 0.15) is 53.3 Å². The Morgan fingerprint density at radius 3 is 2.66 bits per heavy atom. The van der Waals surface area contributed by atoms with E-state index in [-0.39, 0.29) is 17.6 Å². The molecule has 32 heavy (non-hydrogen) atoms. The van der Waals surface area contributed by atoms with Crippen LogP contribution in [0.15, 0.2) is 48.7 Å². The van der Waals surface area contributed by atoms with Gasteiger partial charge in [0.2, 0.25) is 0 Å². The van der Waals surface area contributed by atoms with Crippen LogP contribution in [0, 0.1) is 24.6 Å². The van der Waals surface area contributed by atoms with Gasteiger partial charge in [-0.2, -0.15) is 0 Å². The maximum absolute atomic E-state index is 13.3. The van der Waals surface area contributed by atoms with Gasteiger partial charge in [0.1, 0.15) is 17.5 Å². The Morgan fingerprint density at radius 1 is 1.16 bits per heavy atom. The number of rotatable bonds is 4. The first-order valence-electron chi connectivity index (χ1n) is 11.1. The van der Waals surface area contributed by atoms with Gasteiger partial charge >= 0.3 is 0 Å². The zero-order chi connectivity index (χ0) is 22.0.